The van der Waals surface area contributed by atoms with Gasteiger partial charge in [0.15, 0.2) is 0 Å². The summed E-state index contributed by atoms with van der Waals surface area (Å²) in [5.41, 5.74) is 7.85. The molecule has 0 unspecified atom stereocenters. The van der Waals surface area contributed by atoms with Gasteiger partial charge in [0, 0.05) is 23.6 Å². The topological polar surface area (TPSA) is 120 Å². The van der Waals surface area contributed by atoms with Gasteiger partial charge in [-0.1, -0.05) is 12.1 Å². The first-order chi connectivity index (χ1) is 12.3. The van der Waals surface area contributed by atoms with E-state index >= 15 is 0 Å². The molecule has 0 radical (unpaired) electrons. The summed E-state index contributed by atoms with van der Waals surface area (Å²) in [7, 11) is 0. The number of carbonyl (C=O) groups is 2. The van der Waals surface area contributed by atoms with Crippen molar-refractivity contribution in [3.8, 4) is 0 Å². The number of nitrogens with one attached hydrogen (secondary N) is 2. The Hall–Kier alpha value is -3.42. The molecule has 0 saturated carbocycles. The molecule has 0 saturated heterocycles. The smallest absolute Gasteiger partial charge is 0.323 e. The molecule has 1 aliphatic rings. The SMILES string of the molecule is CC(=N)c1c(N)cc(Nc2cccc3c2C(=O)N(CC(=O)O)C3)cc1F. The van der Waals surface area contributed by atoms with Crippen LogP contribution in [0.1, 0.15) is 28.4 Å². The normalized spacial score (nSPS) is 12.8. The van der Waals surface area contributed by atoms with Gasteiger partial charge in [0.1, 0.15) is 12.4 Å². The van der Waals surface area contributed by atoms with Crippen LogP contribution >= 0.6 is 0 Å². The van der Waals surface area contributed by atoms with Crippen molar-refractivity contribution < 1.29 is 19.1 Å². The highest BCUT2D eigenvalue weighted by Gasteiger charge is 2.31. The zero-order valence-electron chi connectivity index (χ0n) is 14.0. The first-order valence-corrected chi connectivity index (χ1v) is 7.82. The van der Waals surface area contributed by atoms with Gasteiger partial charge >= 0.3 is 5.97 Å². The van der Waals surface area contributed by atoms with Crippen molar-refractivity contribution in [3.63, 3.8) is 0 Å². The number of benzene rings is 2. The molecule has 0 atom stereocenters. The number of carboxylic acids is 1. The molecule has 3 rings (SSSR count). The maximum atomic E-state index is 14.2. The number of nitrogens with two attached hydrogens (primary N) is 1. The second-order valence-corrected chi connectivity index (χ2v) is 6.07. The number of nitrogens with zero attached hydrogens (tertiary/aromatic N) is 1. The monoisotopic (exact) mass is 356 g/mol. The lowest BCUT2D eigenvalue weighted by Gasteiger charge is -2.14. The van der Waals surface area contributed by atoms with Gasteiger partial charge < -0.3 is 26.5 Å². The van der Waals surface area contributed by atoms with E-state index in [1.807, 2.05) is 0 Å². The van der Waals surface area contributed by atoms with Crippen molar-refractivity contribution >= 4 is 34.7 Å². The van der Waals surface area contributed by atoms with Gasteiger partial charge in [-0.25, -0.2) is 4.39 Å². The first kappa shape index (κ1) is 17.4. The molecule has 134 valence electrons. The molecule has 0 aromatic heterocycles. The quantitative estimate of drug-likeness (QED) is 0.485. The van der Waals surface area contributed by atoms with E-state index < -0.39 is 17.7 Å². The van der Waals surface area contributed by atoms with Gasteiger partial charge in [-0.05, 0) is 30.7 Å². The predicted octanol–water partition coefficient (Wildman–Crippen LogP) is 2.58. The highest BCUT2D eigenvalue weighted by atomic mass is 19.1. The van der Waals surface area contributed by atoms with E-state index in [0.29, 0.717) is 22.5 Å². The number of anilines is 3. The summed E-state index contributed by atoms with van der Waals surface area (Å²) < 4.78 is 14.2. The molecule has 7 nitrogen and oxygen atoms in total. The lowest BCUT2D eigenvalue weighted by Crippen LogP contribution is -2.30. The summed E-state index contributed by atoms with van der Waals surface area (Å²) in [4.78, 5) is 24.7. The number of rotatable bonds is 5. The Morgan fingerprint density at radius 2 is 2.15 bits per heavy atom. The highest BCUT2D eigenvalue weighted by Crippen LogP contribution is 2.32. The molecule has 0 fully saturated rings. The molecule has 0 spiro atoms. The second-order valence-electron chi connectivity index (χ2n) is 6.07. The van der Waals surface area contributed by atoms with Gasteiger partial charge in [-0.15, -0.1) is 0 Å². The van der Waals surface area contributed by atoms with E-state index in [-0.39, 0.29) is 30.1 Å². The number of aliphatic carboxylic acids is 1. The number of amides is 1. The Balaban J connectivity index is 1.95. The van der Waals surface area contributed by atoms with Crippen LogP contribution in [0.2, 0.25) is 0 Å². The van der Waals surface area contributed by atoms with Crippen LogP contribution in [0.4, 0.5) is 21.5 Å². The Kier molecular flexibility index (Phi) is 4.33. The van der Waals surface area contributed by atoms with Crippen LogP contribution in [0, 0.1) is 11.2 Å². The van der Waals surface area contributed by atoms with Crippen LogP contribution in [-0.4, -0.2) is 34.1 Å². The summed E-state index contributed by atoms with van der Waals surface area (Å²) >= 11 is 0. The molecule has 0 aliphatic carbocycles. The number of hydrogen-bond donors (Lipinski definition) is 4. The van der Waals surface area contributed by atoms with E-state index in [0.717, 1.165) is 0 Å². The van der Waals surface area contributed by atoms with E-state index in [1.165, 1.54) is 24.0 Å². The number of carbonyl (C=O) groups excluding carboxylic acids is 1. The Labute approximate surface area is 148 Å². The van der Waals surface area contributed by atoms with Crippen molar-refractivity contribution in [3.05, 3.63) is 52.8 Å². The number of halogens is 1. The molecular formula is C18H17FN4O3. The maximum absolute atomic E-state index is 14.2. The summed E-state index contributed by atoms with van der Waals surface area (Å²) in [5.74, 6) is -2.12. The summed E-state index contributed by atoms with van der Waals surface area (Å²) in [5, 5.41) is 19.5. The number of hydrogen-bond acceptors (Lipinski definition) is 5. The van der Waals surface area contributed by atoms with Crippen LogP contribution < -0.4 is 11.1 Å². The third-order valence-corrected chi connectivity index (χ3v) is 4.11. The molecule has 1 heterocycles. The van der Waals surface area contributed by atoms with Crippen LogP contribution in [0.25, 0.3) is 0 Å². The molecule has 8 heteroatoms. The van der Waals surface area contributed by atoms with Crippen molar-refractivity contribution in [2.45, 2.75) is 13.5 Å². The molecular weight excluding hydrogens is 339 g/mol. The van der Waals surface area contributed by atoms with Crippen molar-refractivity contribution in [2.24, 2.45) is 0 Å². The third-order valence-electron chi connectivity index (χ3n) is 4.11. The summed E-state index contributed by atoms with van der Waals surface area (Å²) in [6.45, 7) is 1.27. The largest absolute Gasteiger partial charge is 0.480 e. The second kappa shape index (κ2) is 6.47. The van der Waals surface area contributed by atoms with Gasteiger partial charge in [-0.2, -0.15) is 0 Å². The first-order valence-electron chi connectivity index (χ1n) is 7.82. The highest BCUT2D eigenvalue weighted by molar-refractivity contribution is 6.05. The molecule has 0 bridgehead atoms. The molecule has 1 aliphatic heterocycles. The van der Waals surface area contributed by atoms with Crippen LogP contribution in [0.5, 0.6) is 0 Å². The molecule has 1 amide bonds. The maximum Gasteiger partial charge on any atom is 0.323 e. The van der Waals surface area contributed by atoms with Crippen LogP contribution in [0.3, 0.4) is 0 Å². The average Bonchev–Trinajstić information content (AvgIpc) is 2.82. The zero-order valence-corrected chi connectivity index (χ0v) is 14.0. The Morgan fingerprint density at radius 1 is 1.42 bits per heavy atom. The fourth-order valence-electron chi connectivity index (χ4n) is 3.07. The lowest BCUT2D eigenvalue weighted by atomic mass is 10.1. The fourth-order valence-corrected chi connectivity index (χ4v) is 3.07. The van der Waals surface area contributed by atoms with E-state index in [4.69, 9.17) is 16.2 Å². The zero-order chi connectivity index (χ0) is 19.0. The van der Waals surface area contributed by atoms with E-state index in [2.05, 4.69) is 5.32 Å². The minimum atomic E-state index is -1.09. The Bertz CT molecular complexity index is 919. The molecule has 26 heavy (non-hydrogen) atoms. The average molecular weight is 356 g/mol. The molecule has 2 aromatic carbocycles. The van der Waals surface area contributed by atoms with Gasteiger partial charge in [0.25, 0.3) is 5.91 Å². The number of nitrogen functional groups attached to an aromatic ring is 1. The Morgan fingerprint density at radius 3 is 2.77 bits per heavy atom. The van der Waals surface area contributed by atoms with Crippen molar-refractivity contribution in [1.29, 1.82) is 5.41 Å². The van der Waals surface area contributed by atoms with Gasteiger partial charge in [-0.3, -0.25) is 9.59 Å². The predicted molar refractivity (Wildman–Crippen MR) is 95.4 cm³/mol. The fraction of sp³-hybridized carbons (Fsp3) is 0.167. The number of fused-ring (bicyclic) bond motifs is 1. The molecule has 5 N–H and O–H groups in total. The van der Waals surface area contributed by atoms with Crippen molar-refractivity contribution in [1.82, 2.24) is 4.90 Å². The molecule has 2 aromatic rings. The number of carboxylic acid groups (broad SMARTS) is 1. The summed E-state index contributed by atoms with van der Waals surface area (Å²) in [6, 6.07) is 7.83. The van der Waals surface area contributed by atoms with Gasteiger partial charge in [0.2, 0.25) is 0 Å². The third kappa shape index (κ3) is 3.08. The van der Waals surface area contributed by atoms with E-state index in [1.54, 1.807) is 18.2 Å². The lowest BCUT2D eigenvalue weighted by molar-refractivity contribution is -0.137. The minimum absolute atomic E-state index is 0.0200. The van der Waals surface area contributed by atoms with Gasteiger partial charge in [0.05, 0.1) is 16.8 Å². The standard InChI is InChI=1S/C18H17FN4O3/c1-9(20)16-12(19)5-11(6-13(16)21)22-14-4-2-3-10-7-23(8-15(24)25)18(26)17(10)14/h2-6,20,22H,7-8,21H2,1H3,(H,24,25). The van der Waals surface area contributed by atoms with Crippen LogP contribution in [0.15, 0.2) is 30.3 Å². The minimum Gasteiger partial charge on any atom is -0.480 e. The van der Waals surface area contributed by atoms with E-state index in [9.17, 15) is 14.0 Å². The van der Waals surface area contributed by atoms with Crippen molar-refractivity contribution in [2.75, 3.05) is 17.6 Å². The van der Waals surface area contributed by atoms with Crippen LogP contribution in [-0.2, 0) is 11.3 Å². The summed E-state index contributed by atoms with van der Waals surface area (Å²) in [6.07, 6.45) is 0.